The van der Waals surface area contributed by atoms with Crippen LogP contribution < -0.4 is 16.1 Å². The highest BCUT2D eigenvalue weighted by atomic mass is 16.5. The quantitative estimate of drug-likeness (QED) is 0.328. The van der Waals surface area contributed by atoms with Crippen molar-refractivity contribution in [1.29, 1.82) is 0 Å². The van der Waals surface area contributed by atoms with Crippen LogP contribution in [0.2, 0.25) is 0 Å². The fourth-order valence-electron chi connectivity index (χ4n) is 4.05. The molecule has 32 heavy (non-hydrogen) atoms. The lowest BCUT2D eigenvalue weighted by molar-refractivity contribution is -0.136. The minimum absolute atomic E-state index is 0.0454. The number of rotatable bonds is 10. The predicted molar refractivity (Wildman–Crippen MR) is 116 cm³/mol. The van der Waals surface area contributed by atoms with Crippen molar-refractivity contribution in [2.45, 2.75) is 58.0 Å². The monoisotopic (exact) mass is 442 g/mol. The van der Waals surface area contributed by atoms with E-state index in [-0.39, 0.29) is 37.1 Å². The van der Waals surface area contributed by atoms with Crippen LogP contribution in [-0.4, -0.2) is 37.9 Å². The number of nitrogens with zero attached hydrogens (tertiary/aromatic N) is 3. The first-order valence-corrected chi connectivity index (χ1v) is 11.0. The first kappa shape index (κ1) is 23.4. The molecule has 3 amide bonds. The zero-order valence-corrected chi connectivity index (χ0v) is 18.0. The molecule has 1 fully saturated rings. The summed E-state index contributed by atoms with van der Waals surface area (Å²) in [6.07, 6.45) is 6.91. The lowest BCUT2D eigenvalue weighted by Crippen LogP contribution is -2.38. The van der Waals surface area contributed by atoms with E-state index in [1.54, 1.807) is 16.4 Å². The zero-order valence-electron chi connectivity index (χ0n) is 18.0. The van der Waals surface area contributed by atoms with Crippen LogP contribution in [0.25, 0.3) is 0 Å². The van der Waals surface area contributed by atoms with Crippen molar-refractivity contribution in [2.24, 2.45) is 11.8 Å². The Morgan fingerprint density at radius 1 is 1.09 bits per heavy atom. The fraction of sp³-hybridized carbons (Fsp3) is 0.500. The second-order valence-corrected chi connectivity index (χ2v) is 8.10. The Balaban J connectivity index is 1.47. The van der Waals surface area contributed by atoms with Gasteiger partial charge in [-0.1, -0.05) is 42.7 Å². The Morgan fingerprint density at radius 2 is 1.84 bits per heavy atom. The summed E-state index contributed by atoms with van der Waals surface area (Å²) in [4.78, 5) is 36.5. The van der Waals surface area contributed by atoms with Crippen molar-refractivity contribution in [3.63, 3.8) is 0 Å². The first-order valence-electron chi connectivity index (χ1n) is 11.0. The van der Waals surface area contributed by atoms with Gasteiger partial charge >= 0.3 is 0 Å². The first-order chi connectivity index (χ1) is 15.5. The largest absolute Gasteiger partial charge is 0.350 e. The van der Waals surface area contributed by atoms with Gasteiger partial charge in [-0.2, -0.15) is 0 Å². The molecule has 2 aromatic rings. The Morgan fingerprint density at radius 3 is 2.56 bits per heavy atom. The maximum Gasteiger partial charge on any atom is 0.244 e. The smallest absolute Gasteiger partial charge is 0.244 e. The summed E-state index contributed by atoms with van der Waals surface area (Å²) in [6.45, 7) is 0.542. The third-order valence-electron chi connectivity index (χ3n) is 5.74. The molecule has 1 aliphatic carbocycles. The summed E-state index contributed by atoms with van der Waals surface area (Å²) in [5.41, 5.74) is 2.93. The summed E-state index contributed by atoms with van der Waals surface area (Å²) in [6, 6.07) is 9.22. The molecular weight excluding hydrogens is 412 g/mol. The van der Waals surface area contributed by atoms with Gasteiger partial charge < -0.3 is 10.6 Å². The van der Waals surface area contributed by atoms with E-state index in [9.17, 15) is 14.4 Å². The topological polar surface area (TPSA) is 138 Å². The average Bonchev–Trinajstić information content (AvgIpc) is 3.28. The highest BCUT2D eigenvalue weighted by Crippen LogP contribution is 2.32. The lowest BCUT2D eigenvalue weighted by Gasteiger charge is -2.28. The number of hydroxylamine groups is 1. The van der Waals surface area contributed by atoms with Gasteiger partial charge in [0.25, 0.3) is 0 Å². The molecule has 0 saturated heterocycles. The third kappa shape index (κ3) is 7.16. The normalized spacial score (nSPS) is 15.0. The molecule has 4 N–H and O–H groups in total. The molecule has 1 aliphatic rings. The average molecular weight is 443 g/mol. The van der Waals surface area contributed by atoms with Crippen molar-refractivity contribution in [3.05, 3.63) is 42.2 Å². The minimum atomic E-state index is -0.560. The van der Waals surface area contributed by atoms with Gasteiger partial charge in [0, 0.05) is 24.4 Å². The number of benzene rings is 1. The Kier molecular flexibility index (Phi) is 8.73. The number of aromatic nitrogens is 3. The fourth-order valence-corrected chi connectivity index (χ4v) is 4.05. The Hall–Kier alpha value is -3.27. The molecule has 1 aromatic carbocycles. The number of hydrogen-bond donors (Lipinski definition) is 4. The zero-order chi connectivity index (χ0) is 22.8. The van der Waals surface area contributed by atoms with Gasteiger partial charge in [-0.15, -0.1) is 5.10 Å². The van der Waals surface area contributed by atoms with Crippen LogP contribution in [0.4, 0.5) is 5.69 Å². The number of anilines is 1. The molecule has 0 spiro atoms. The van der Waals surface area contributed by atoms with Crippen LogP contribution in [-0.2, 0) is 27.5 Å². The van der Waals surface area contributed by atoms with E-state index in [4.69, 9.17) is 5.21 Å². The summed E-state index contributed by atoms with van der Waals surface area (Å²) in [5.74, 6) is -1.27. The molecular formula is C22H30N6O4. The maximum absolute atomic E-state index is 12.8. The second kappa shape index (κ2) is 11.9. The molecule has 0 aliphatic heterocycles. The van der Waals surface area contributed by atoms with Crippen LogP contribution in [0.5, 0.6) is 0 Å². The van der Waals surface area contributed by atoms with Gasteiger partial charge in [0.15, 0.2) is 0 Å². The van der Waals surface area contributed by atoms with E-state index in [2.05, 4.69) is 20.9 Å². The second-order valence-electron chi connectivity index (χ2n) is 8.10. The van der Waals surface area contributed by atoms with Crippen molar-refractivity contribution in [2.75, 3.05) is 5.32 Å². The number of nitrogens with one attached hydrogen (secondary N) is 3. The van der Waals surface area contributed by atoms with Gasteiger partial charge in [-0.25, -0.2) is 5.48 Å². The van der Waals surface area contributed by atoms with Gasteiger partial charge in [-0.3, -0.25) is 24.3 Å². The minimum Gasteiger partial charge on any atom is -0.350 e. The molecule has 172 valence electrons. The third-order valence-corrected chi connectivity index (χ3v) is 5.74. The van der Waals surface area contributed by atoms with Crippen molar-refractivity contribution in [3.8, 4) is 0 Å². The van der Waals surface area contributed by atoms with Gasteiger partial charge in [0.2, 0.25) is 17.7 Å². The molecule has 1 saturated carbocycles. The van der Waals surface area contributed by atoms with E-state index in [0.29, 0.717) is 12.2 Å². The molecule has 0 bridgehead atoms. The SMILES string of the molecule is O=C(CC(C(=O)NCc1cn(CCC(=O)Nc2ccccc2)nn1)C1CCCCC1)NO. The summed E-state index contributed by atoms with van der Waals surface area (Å²) >= 11 is 0. The molecule has 10 heteroatoms. The summed E-state index contributed by atoms with van der Waals surface area (Å²) < 4.78 is 1.56. The van der Waals surface area contributed by atoms with Crippen LogP contribution in [0.15, 0.2) is 36.5 Å². The highest BCUT2D eigenvalue weighted by Gasteiger charge is 2.31. The number of para-hydroxylation sites is 1. The van der Waals surface area contributed by atoms with Crippen LogP contribution in [0.1, 0.15) is 50.6 Å². The molecule has 1 atom stereocenters. The molecule has 10 nitrogen and oxygen atoms in total. The molecule has 3 rings (SSSR count). The van der Waals surface area contributed by atoms with Crippen LogP contribution in [0.3, 0.4) is 0 Å². The Labute approximate surface area is 186 Å². The van der Waals surface area contributed by atoms with Crippen molar-refractivity contribution >= 4 is 23.4 Å². The predicted octanol–water partition coefficient (Wildman–Crippen LogP) is 2.02. The van der Waals surface area contributed by atoms with Gasteiger partial charge in [-0.05, 0) is 30.9 Å². The van der Waals surface area contributed by atoms with E-state index < -0.39 is 11.8 Å². The number of hydrogen-bond acceptors (Lipinski definition) is 6. The summed E-state index contributed by atoms with van der Waals surface area (Å²) in [5, 5.41) is 22.6. The van der Waals surface area contributed by atoms with E-state index in [1.807, 2.05) is 30.3 Å². The summed E-state index contributed by atoms with van der Waals surface area (Å²) in [7, 11) is 0. The molecule has 1 heterocycles. The van der Waals surface area contributed by atoms with E-state index in [1.165, 1.54) is 0 Å². The van der Waals surface area contributed by atoms with Gasteiger partial charge in [0.05, 0.1) is 19.3 Å². The number of amides is 3. The molecule has 1 unspecified atom stereocenters. The number of aryl methyl sites for hydroxylation is 1. The van der Waals surface area contributed by atoms with Crippen LogP contribution >= 0.6 is 0 Å². The lowest BCUT2D eigenvalue weighted by atomic mass is 9.78. The van der Waals surface area contributed by atoms with Crippen molar-refractivity contribution < 1.29 is 19.6 Å². The van der Waals surface area contributed by atoms with Gasteiger partial charge in [0.1, 0.15) is 5.69 Å². The highest BCUT2D eigenvalue weighted by molar-refractivity contribution is 5.90. The van der Waals surface area contributed by atoms with Crippen LogP contribution in [0, 0.1) is 11.8 Å². The standard InChI is InChI=1S/C22H30N6O4/c29-20(24-17-9-5-2-6-10-17)11-12-28-15-18(25-27-28)14-23-22(31)19(13-21(30)26-32)16-7-3-1-4-8-16/h2,5-6,9-10,15-16,19,32H,1,3-4,7-8,11-14H2,(H,23,31)(H,24,29)(H,26,30). The van der Waals surface area contributed by atoms with Crippen molar-refractivity contribution in [1.82, 2.24) is 25.8 Å². The number of carbonyl (C=O) groups excluding carboxylic acids is 3. The number of carbonyl (C=O) groups is 3. The maximum atomic E-state index is 12.8. The Bertz CT molecular complexity index is 895. The molecule has 0 radical (unpaired) electrons. The van der Waals surface area contributed by atoms with E-state index in [0.717, 1.165) is 37.8 Å². The van der Waals surface area contributed by atoms with E-state index >= 15 is 0 Å². The molecule has 1 aromatic heterocycles.